The molecule has 0 saturated carbocycles. The van der Waals surface area contributed by atoms with Crippen molar-refractivity contribution >= 4 is 5.69 Å². The highest BCUT2D eigenvalue weighted by molar-refractivity contribution is 5.50. The van der Waals surface area contributed by atoms with Crippen LogP contribution in [0, 0.1) is 35.3 Å². The van der Waals surface area contributed by atoms with Crippen molar-refractivity contribution in [3.05, 3.63) is 63.2 Å². The molecule has 0 aliphatic heterocycles. The van der Waals surface area contributed by atoms with Gasteiger partial charge < -0.3 is 4.74 Å². The molecule has 20 heavy (non-hydrogen) atoms. The fourth-order valence-corrected chi connectivity index (χ4v) is 1.79. The minimum atomic E-state index is -0.454. The number of aryl methyl sites for hydroxylation is 2. The van der Waals surface area contributed by atoms with Gasteiger partial charge in [-0.25, -0.2) is 0 Å². The molecule has 0 N–H and O–H groups in total. The summed E-state index contributed by atoms with van der Waals surface area (Å²) in [5.41, 5.74) is 2.05. The van der Waals surface area contributed by atoms with Crippen LogP contribution in [0.25, 0.3) is 0 Å². The molecule has 0 bridgehead atoms. The van der Waals surface area contributed by atoms with Crippen LogP contribution in [0.3, 0.4) is 0 Å². The SMILES string of the molecule is Cc1ccc(C#N)c(Oc2ccc([N+](=O)[O-])cc2C)c1. The van der Waals surface area contributed by atoms with E-state index in [-0.39, 0.29) is 5.69 Å². The number of nitriles is 1. The maximum atomic E-state index is 10.7. The largest absolute Gasteiger partial charge is 0.456 e. The van der Waals surface area contributed by atoms with Gasteiger partial charge in [0.15, 0.2) is 0 Å². The van der Waals surface area contributed by atoms with Gasteiger partial charge >= 0.3 is 0 Å². The van der Waals surface area contributed by atoms with E-state index in [1.807, 2.05) is 13.0 Å². The lowest BCUT2D eigenvalue weighted by atomic mass is 10.1. The van der Waals surface area contributed by atoms with Crippen molar-refractivity contribution < 1.29 is 9.66 Å². The molecule has 0 unspecified atom stereocenters. The summed E-state index contributed by atoms with van der Waals surface area (Å²) in [5, 5.41) is 19.7. The predicted octanol–water partition coefficient (Wildman–Crippen LogP) is 3.88. The van der Waals surface area contributed by atoms with Gasteiger partial charge in [0.2, 0.25) is 0 Å². The normalized spacial score (nSPS) is 9.85. The highest BCUT2D eigenvalue weighted by Crippen LogP contribution is 2.30. The lowest BCUT2D eigenvalue weighted by Crippen LogP contribution is -1.93. The molecular formula is C15H12N2O3. The third-order valence-corrected chi connectivity index (χ3v) is 2.85. The first-order chi connectivity index (χ1) is 9.51. The number of nitrogens with zero attached hydrogens (tertiary/aromatic N) is 2. The number of rotatable bonds is 3. The van der Waals surface area contributed by atoms with Crippen molar-refractivity contribution in [3.8, 4) is 17.6 Å². The third-order valence-electron chi connectivity index (χ3n) is 2.85. The molecule has 2 rings (SSSR count). The van der Waals surface area contributed by atoms with Gasteiger partial charge in [-0.05, 0) is 43.2 Å². The van der Waals surface area contributed by atoms with Gasteiger partial charge in [-0.3, -0.25) is 10.1 Å². The summed E-state index contributed by atoms with van der Waals surface area (Å²) in [6.07, 6.45) is 0. The summed E-state index contributed by atoms with van der Waals surface area (Å²) < 4.78 is 5.70. The molecular weight excluding hydrogens is 256 g/mol. The third kappa shape index (κ3) is 2.75. The van der Waals surface area contributed by atoms with Crippen molar-refractivity contribution in [2.24, 2.45) is 0 Å². The second-order valence-corrected chi connectivity index (χ2v) is 4.42. The Morgan fingerprint density at radius 3 is 2.50 bits per heavy atom. The van der Waals surface area contributed by atoms with Gasteiger partial charge in [0, 0.05) is 12.1 Å². The Morgan fingerprint density at radius 1 is 1.15 bits per heavy atom. The first kappa shape index (κ1) is 13.6. The molecule has 0 amide bonds. The standard InChI is InChI=1S/C15H12N2O3/c1-10-3-4-12(9-16)15(7-10)20-14-6-5-13(17(18)19)8-11(14)2/h3-8H,1-2H3. The number of hydrogen-bond donors (Lipinski definition) is 0. The van der Waals surface area contributed by atoms with Gasteiger partial charge in [0.1, 0.15) is 17.6 Å². The molecule has 5 heteroatoms. The van der Waals surface area contributed by atoms with Crippen LogP contribution >= 0.6 is 0 Å². The van der Waals surface area contributed by atoms with E-state index in [1.54, 1.807) is 19.1 Å². The Kier molecular flexibility index (Phi) is 3.67. The van der Waals surface area contributed by atoms with Crippen LogP contribution in [-0.2, 0) is 0 Å². The van der Waals surface area contributed by atoms with Crippen molar-refractivity contribution in [3.63, 3.8) is 0 Å². The van der Waals surface area contributed by atoms with E-state index >= 15 is 0 Å². The van der Waals surface area contributed by atoms with E-state index in [4.69, 9.17) is 10.00 Å². The summed E-state index contributed by atoms with van der Waals surface area (Å²) >= 11 is 0. The Morgan fingerprint density at radius 2 is 1.90 bits per heavy atom. The minimum absolute atomic E-state index is 0.0135. The number of benzene rings is 2. The van der Waals surface area contributed by atoms with E-state index in [9.17, 15) is 10.1 Å². The first-order valence-corrected chi connectivity index (χ1v) is 5.95. The molecule has 0 aliphatic carbocycles. The average molecular weight is 268 g/mol. The van der Waals surface area contributed by atoms with E-state index in [0.717, 1.165) is 5.56 Å². The maximum absolute atomic E-state index is 10.7. The molecule has 0 saturated heterocycles. The molecule has 100 valence electrons. The molecule has 2 aromatic rings. The summed E-state index contributed by atoms with van der Waals surface area (Å²) in [6.45, 7) is 3.63. The van der Waals surface area contributed by atoms with Gasteiger partial charge in [0.05, 0.1) is 10.5 Å². The molecule has 0 heterocycles. The highest BCUT2D eigenvalue weighted by atomic mass is 16.6. The molecule has 0 spiro atoms. The molecule has 0 atom stereocenters. The lowest BCUT2D eigenvalue weighted by molar-refractivity contribution is -0.384. The Balaban J connectivity index is 2.38. The predicted molar refractivity (Wildman–Crippen MR) is 73.8 cm³/mol. The quantitative estimate of drug-likeness (QED) is 0.625. The van der Waals surface area contributed by atoms with Gasteiger partial charge in [0.25, 0.3) is 5.69 Å². The summed E-state index contributed by atoms with van der Waals surface area (Å²) in [4.78, 5) is 10.2. The molecule has 0 fully saturated rings. The summed E-state index contributed by atoms with van der Waals surface area (Å²) in [7, 11) is 0. The summed E-state index contributed by atoms with van der Waals surface area (Å²) in [6, 6.07) is 11.7. The smallest absolute Gasteiger partial charge is 0.269 e. The van der Waals surface area contributed by atoms with Crippen molar-refractivity contribution in [1.82, 2.24) is 0 Å². The van der Waals surface area contributed by atoms with Crippen LogP contribution in [0.4, 0.5) is 5.69 Å². The fraction of sp³-hybridized carbons (Fsp3) is 0.133. The molecule has 0 radical (unpaired) electrons. The second-order valence-electron chi connectivity index (χ2n) is 4.42. The van der Waals surface area contributed by atoms with Gasteiger partial charge in [-0.2, -0.15) is 5.26 Å². The molecule has 0 aromatic heterocycles. The Labute approximate surface area is 116 Å². The van der Waals surface area contributed by atoms with Crippen molar-refractivity contribution in [2.45, 2.75) is 13.8 Å². The molecule has 5 nitrogen and oxygen atoms in total. The number of nitro benzene ring substituents is 1. The number of hydrogen-bond acceptors (Lipinski definition) is 4. The van der Waals surface area contributed by atoms with E-state index < -0.39 is 4.92 Å². The molecule has 2 aromatic carbocycles. The van der Waals surface area contributed by atoms with E-state index in [0.29, 0.717) is 22.6 Å². The Bertz CT molecular complexity index is 718. The van der Waals surface area contributed by atoms with Crippen LogP contribution < -0.4 is 4.74 Å². The van der Waals surface area contributed by atoms with Crippen LogP contribution in [0.15, 0.2) is 36.4 Å². The zero-order chi connectivity index (χ0) is 14.7. The second kappa shape index (κ2) is 5.41. The zero-order valence-corrected chi connectivity index (χ0v) is 11.1. The average Bonchev–Trinajstić information content (AvgIpc) is 2.41. The fourth-order valence-electron chi connectivity index (χ4n) is 1.79. The lowest BCUT2D eigenvalue weighted by Gasteiger charge is -2.10. The minimum Gasteiger partial charge on any atom is -0.456 e. The van der Waals surface area contributed by atoms with Gasteiger partial charge in [-0.1, -0.05) is 6.07 Å². The number of ether oxygens (including phenoxy) is 1. The Hall–Kier alpha value is -2.87. The van der Waals surface area contributed by atoms with Crippen LogP contribution in [0.2, 0.25) is 0 Å². The van der Waals surface area contributed by atoms with Gasteiger partial charge in [-0.15, -0.1) is 0 Å². The first-order valence-electron chi connectivity index (χ1n) is 5.95. The zero-order valence-electron chi connectivity index (χ0n) is 11.1. The maximum Gasteiger partial charge on any atom is 0.269 e. The monoisotopic (exact) mass is 268 g/mol. The van der Waals surface area contributed by atoms with Crippen LogP contribution in [0.5, 0.6) is 11.5 Å². The van der Waals surface area contributed by atoms with E-state index in [1.165, 1.54) is 18.2 Å². The van der Waals surface area contributed by atoms with Crippen LogP contribution in [-0.4, -0.2) is 4.92 Å². The number of nitro groups is 1. The van der Waals surface area contributed by atoms with E-state index in [2.05, 4.69) is 6.07 Å². The van der Waals surface area contributed by atoms with Crippen LogP contribution in [0.1, 0.15) is 16.7 Å². The highest BCUT2D eigenvalue weighted by Gasteiger charge is 2.11. The van der Waals surface area contributed by atoms with Crippen molar-refractivity contribution in [2.75, 3.05) is 0 Å². The topological polar surface area (TPSA) is 76.2 Å². The summed E-state index contributed by atoms with van der Waals surface area (Å²) in [5.74, 6) is 0.946. The number of non-ortho nitro benzene ring substituents is 1. The molecule has 0 aliphatic rings. The van der Waals surface area contributed by atoms with Crippen molar-refractivity contribution in [1.29, 1.82) is 5.26 Å².